The molecule has 5 nitrogen and oxygen atoms in total. The predicted octanol–water partition coefficient (Wildman–Crippen LogP) is 3.42. The molecule has 0 unspecified atom stereocenters. The quantitative estimate of drug-likeness (QED) is 0.756. The lowest BCUT2D eigenvalue weighted by molar-refractivity contribution is 0.0946. The zero-order valence-corrected chi connectivity index (χ0v) is 14.0. The fraction of sp³-hybridized carbons (Fsp3) is 0.211. The molecule has 0 spiro atoms. The fourth-order valence-corrected chi connectivity index (χ4v) is 2.63. The lowest BCUT2D eigenvalue weighted by Crippen LogP contribution is -2.23. The molecule has 1 amide bonds. The van der Waals surface area contributed by atoms with E-state index in [4.69, 9.17) is 9.47 Å². The number of aromatic amines is 1. The van der Waals surface area contributed by atoms with E-state index in [2.05, 4.69) is 10.3 Å². The van der Waals surface area contributed by atoms with Crippen LogP contribution in [-0.4, -0.2) is 25.1 Å². The van der Waals surface area contributed by atoms with Gasteiger partial charge in [0.25, 0.3) is 5.91 Å². The fourth-order valence-electron chi connectivity index (χ4n) is 2.63. The summed E-state index contributed by atoms with van der Waals surface area (Å²) in [5.41, 5.74) is 3.54. The highest BCUT2D eigenvalue weighted by Crippen LogP contribution is 2.24. The molecule has 0 radical (unpaired) electrons. The number of carbonyl (C=O) groups excluding carboxylic acids is 1. The van der Waals surface area contributed by atoms with Gasteiger partial charge in [0.05, 0.1) is 14.2 Å². The van der Waals surface area contributed by atoms with Crippen LogP contribution < -0.4 is 14.8 Å². The Bertz CT molecular complexity index is 883. The Morgan fingerprint density at radius 2 is 1.92 bits per heavy atom. The third kappa shape index (κ3) is 3.20. The van der Waals surface area contributed by atoms with Crippen molar-refractivity contribution >= 4 is 16.8 Å². The Kier molecular flexibility index (Phi) is 4.42. The molecule has 1 heterocycles. The van der Waals surface area contributed by atoms with Crippen LogP contribution in [0.3, 0.4) is 0 Å². The summed E-state index contributed by atoms with van der Waals surface area (Å²) < 4.78 is 10.5. The highest BCUT2D eigenvalue weighted by molar-refractivity contribution is 5.98. The first-order chi connectivity index (χ1) is 11.6. The van der Waals surface area contributed by atoms with E-state index in [1.807, 2.05) is 43.3 Å². The van der Waals surface area contributed by atoms with Crippen LogP contribution in [0, 0.1) is 6.92 Å². The maximum atomic E-state index is 12.4. The minimum absolute atomic E-state index is 0.151. The van der Waals surface area contributed by atoms with E-state index in [1.165, 1.54) is 0 Å². The van der Waals surface area contributed by atoms with Gasteiger partial charge in [-0.05, 0) is 36.8 Å². The van der Waals surface area contributed by atoms with E-state index in [1.54, 1.807) is 20.3 Å². The molecule has 0 bridgehead atoms. The van der Waals surface area contributed by atoms with Gasteiger partial charge in [0.15, 0.2) is 0 Å². The number of nitrogens with one attached hydrogen (secondary N) is 2. The Hall–Kier alpha value is -2.95. The van der Waals surface area contributed by atoms with Crippen molar-refractivity contribution in [2.24, 2.45) is 0 Å². The Balaban J connectivity index is 1.75. The molecular formula is C19H20N2O3. The van der Waals surface area contributed by atoms with Crippen molar-refractivity contribution in [3.63, 3.8) is 0 Å². The number of methoxy groups -OCH3 is 2. The topological polar surface area (TPSA) is 63.3 Å². The SMILES string of the molecule is COc1ccc(CNC(=O)c2cc3ccc(C)cc3[nH]2)c(OC)c1. The molecule has 3 rings (SSSR count). The van der Waals surface area contributed by atoms with Crippen LogP contribution in [0.2, 0.25) is 0 Å². The number of rotatable bonds is 5. The summed E-state index contributed by atoms with van der Waals surface area (Å²) in [5, 5.41) is 3.93. The summed E-state index contributed by atoms with van der Waals surface area (Å²) in [5.74, 6) is 1.25. The molecule has 1 aromatic heterocycles. The molecule has 0 atom stereocenters. The summed E-state index contributed by atoms with van der Waals surface area (Å²) in [4.78, 5) is 15.5. The first-order valence-corrected chi connectivity index (χ1v) is 7.69. The van der Waals surface area contributed by atoms with Crippen LogP contribution in [0.4, 0.5) is 0 Å². The van der Waals surface area contributed by atoms with Crippen LogP contribution in [-0.2, 0) is 6.54 Å². The maximum absolute atomic E-state index is 12.4. The van der Waals surface area contributed by atoms with Crippen LogP contribution in [0.25, 0.3) is 10.9 Å². The standard InChI is InChI=1S/C19H20N2O3/c1-12-4-5-13-9-17(21-16(13)8-12)19(22)20-11-14-6-7-15(23-2)10-18(14)24-3/h4-10,21H,11H2,1-3H3,(H,20,22). The number of hydrogen-bond acceptors (Lipinski definition) is 3. The minimum Gasteiger partial charge on any atom is -0.497 e. The number of aromatic nitrogens is 1. The van der Waals surface area contributed by atoms with E-state index >= 15 is 0 Å². The molecule has 0 saturated heterocycles. The van der Waals surface area contributed by atoms with Gasteiger partial charge in [-0.1, -0.05) is 12.1 Å². The number of amides is 1. The molecule has 0 aliphatic heterocycles. The van der Waals surface area contributed by atoms with Crippen molar-refractivity contribution in [2.75, 3.05) is 14.2 Å². The van der Waals surface area contributed by atoms with Gasteiger partial charge in [-0.2, -0.15) is 0 Å². The summed E-state index contributed by atoms with van der Waals surface area (Å²) >= 11 is 0. The van der Waals surface area contributed by atoms with Crippen molar-refractivity contribution in [1.82, 2.24) is 10.3 Å². The van der Waals surface area contributed by atoms with Gasteiger partial charge in [-0.15, -0.1) is 0 Å². The predicted molar refractivity (Wildman–Crippen MR) is 93.8 cm³/mol. The molecule has 3 aromatic rings. The second-order valence-corrected chi connectivity index (χ2v) is 5.63. The van der Waals surface area contributed by atoms with E-state index in [0.717, 1.165) is 22.0 Å². The van der Waals surface area contributed by atoms with Crippen LogP contribution >= 0.6 is 0 Å². The van der Waals surface area contributed by atoms with Gasteiger partial charge in [-0.25, -0.2) is 0 Å². The first-order valence-electron chi connectivity index (χ1n) is 7.69. The maximum Gasteiger partial charge on any atom is 0.267 e. The van der Waals surface area contributed by atoms with Gasteiger partial charge in [-0.3, -0.25) is 4.79 Å². The van der Waals surface area contributed by atoms with E-state index in [-0.39, 0.29) is 5.91 Å². The minimum atomic E-state index is -0.151. The molecule has 0 aliphatic rings. The molecule has 0 saturated carbocycles. The highest BCUT2D eigenvalue weighted by Gasteiger charge is 2.11. The molecule has 0 fully saturated rings. The van der Waals surface area contributed by atoms with Gasteiger partial charge >= 0.3 is 0 Å². The van der Waals surface area contributed by atoms with Crippen molar-refractivity contribution in [3.05, 3.63) is 59.3 Å². The van der Waals surface area contributed by atoms with Gasteiger partial charge in [0.2, 0.25) is 0 Å². The average Bonchev–Trinajstić information content (AvgIpc) is 3.02. The third-order valence-electron chi connectivity index (χ3n) is 3.96. The second-order valence-electron chi connectivity index (χ2n) is 5.63. The van der Waals surface area contributed by atoms with Crippen LogP contribution in [0.15, 0.2) is 42.5 Å². The smallest absolute Gasteiger partial charge is 0.267 e. The Labute approximate surface area is 140 Å². The summed E-state index contributed by atoms with van der Waals surface area (Å²) in [6, 6.07) is 13.4. The summed E-state index contributed by atoms with van der Waals surface area (Å²) in [7, 11) is 3.20. The zero-order valence-electron chi connectivity index (χ0n) is 14.0. The lowest BCUT2D eigenvalue weighted by Gasteiger charge is -2.11. The molecule has 24 heavy (non-hydrogen) atoms. The molecular weight excluding hydrogens is 304 g/mol. The van der Waals surface area contributed by atoms with Crippen molar-refractivity contribution in [1.29, 1.82) is 0 Å². The molecule has 124 valence electrons. The molecule has 0 aliphatic carbocycles. The summed E-state index contributed by atoms with van der Waals surface area (Å²) in [6.07, 6.45) is 0. The largest absolute Gasteiger partial charge is 0.497 e. The number of ether oxygens (including phenoxy) is 2. The van der Waals surface area contributed by atoms with Gasteiger partial charge in [0.1, 0.15) is 17.2 Å². The zero-order chi connectivity index (χ0) is 17.1. The van der Waals surface area contributed by atoms with Gasteiger partial charge in [0, 0.05) is 29.1 Å². The Morgan fingerprint density at radius 1 is 1.08 bits per heavy atom. The number of carbonyl (C=O) groups is 1. The number of benzene rings is 2. The third-order valence-corrected chi connectivity index (χ3v) is 3.96. The van der Waals surface area contributed by atoms with E-state index in [0.29, 0.717) is 23.7 Å². The number of hydrogen-bond donors (Lipinski definition) is 2. The highest BCUT2D eigenvalue weighted by atomic mass is 16.5. The summed E-state index contributed by atoms with van der Waals surface area (Å²) in [6.45, 7) is 2.40. The Morgan fingerprint density at radius 3 is 2.67 bits per heavy atom. The van der Waals surface area contributed by atoms with E-state index < -0.39 is 0 Å². The number of H-pyrrole nitrogens is 1. The monoisotopic (exact) mass is 324 g/mol. The molecule has 2 N–H and O–H groups in total. The van der Waals surface area contributed by atoms with Gasteiger partial charge < -0.3 is 19.8 Å². The van der Waals surface area contributed by atoms with Crippen molar-refractivity contribution < 1.29 is 14.3 Å². The number of aryl methyl sites for hydroxylation is 1. The lowest BCUT2D eigenvalue weighted by atomic mass is 10.2. The second kappa shape index (κ2) is 6.66. The average molecular weight is 324 g/mol. The molecule has 2 aromatic carbocycles. The van der Waals surface area contributed by atoms with Crippen LogP contribution in [0.5, 0.6) is 11.5 Å². The number of fused-ring (bicyclic) bond motifs is 1. The van der Waals surface area contributed by atoms with Crippen LogP contribution in [0.1, 0.15) is 21.6 Å². The first kappa shape index (κ1) is 15.9. The van der Waals surface area contributed by atoms with Crippen molar-refractivity contribution in [2.45, 2.75) is 13.5 Å². The normalized spacial score (nSPS) is 10.6. The van der Waals surface area contributed by atoms with E-state index in [9.17, 15) is 4.79 Å². The molecule has 5 heteroatoms. The van der Waals surface area contributed by atoms with Crippen molar-refractivity contribution in [3.8, 4) is 11.5 Å².